The van der Waals surface area contributed by atoms with Gasteiger partial charge in [0.15, 0.2) is 9.84 Å². The molecular formula is C17H17NO6S. The Bertz CT molecular complexity index is 874. The first-order valence-corrected chi connectivity index (χ1v) is 9.17. The molecule has 0 aliphatic carbocycles. The van der Waals surface area contributed by atoms with Crippen LogP contribution in [0, 0.1) is 10.1 Å². The van der Waals surface area contributed by atoms with Gasteiger partial charge in [0.1, 0.15) is 0 Å². The number of carbonyl (C=O) groups is 1. The summed E-state index contributed by atoms with van der Waals surface area (Å²) < 4.78 is 29.8. The molecule has 0 heterocycles. The summed E-state index contributed by atoms with van der Waals surface area (Å²) in [5.41, 5.74) is 1.02. The molecule has 0 aliphatic heterocycles. The Morgan fingerprint density at radius 1 is 1.12 bits per heavy atom. The molecule has 2 rings (SSSR count). The molecule has 0 unspecified atom stereocenters. The van der Waals surface area contributed by atoms with Gasteiger partial charge in [-0.2, -0.15) is 0 Å². The average Bonchev–Trinajstić information content (AvgIpc) is 2.55. The van der Waals surface area contributed by atoms with Crippen LogP contribution < -0.4 is 0 Å². The van der Waals surface area contributed by atoms with Crippen molar-refractivity contribution in [3.05, 3.63) is 69.8 Å². The molecule has 0 saturated carbocycles. The number of hydrogen-bond donors (Lipinski definition) is 0. The summed E-state index contributed by atoms with van der Waals surface area (Å²) in [6.07, 6.45) is 0.0687. The van der Waals surface area contributed by atoms with Crippen molar-refractivity contribution in [2.75, 3.05) is 6.61 Å². The smallest absolute Gasteiger partial charge is 0.310 e. The molecule has 2 aromatic rings. The van der Waals surface area contributed by atoms with Crippen LogP contribution in [0.5, 0.6) is 0 Å². The van der Waals surface area contributed by atoms with Gasteiger partial charge in [0.05, 0.1) is 28.6 Å². The molecule has 0 atom stereocenters. The number of sulfone groups is 1. The van der Waals surface area contributed by atoms with Crippen LogP contribution in [-0.4, -0.2) is 25.9 Å². The molecule has 2 aromatic carbocycles. The van der Waals surface area contributed by atoms with Crippen molar-refractivity contribution >= 4 is 21.5 Å². The summed E-state index contributed by atoms with van der Waals surface area (Å²) in [6.45, 7) is 2.00. The molecule has 0 fully saturated rings. The first-order chi connectivity index (χ1) is 11.8. The van der Waals surface area contributed by atoms with Crippen LogP contribution in [0.25, 0.3) is 0 Å². The Morgan fingerprint density at radius 2 is 1.76 bits per heavy atom. The van der Waals surface area contributed by atoms with E-state index in [9.17, 15) is 23.3 Å². The van der Waals surface area contributed by atoms with Gasteiger partial charge >= 0.3 is 5.97 Å². The van der Waals surface area contributed by atoms with Crippen LogP contribution in [0.3, 0.4) is 0 Å². The van der Waals surface area contributed by atoms with E-state index < -0.39 is 14.8 Å². The summed E-state index contributed by atoms with van der Waals surface area (Å²) in [5, 5.41) is 10.6. The predicted octanol–water partition coefficient (Wildman–Crippen LogP) is 2.67. The van der Waals surface area contributed by atoms with Crippen LogP contribution in [0.2, 0.25) is 0 Å². The second-order valence-electron chi connectivity index (χ2n) is 5.31. The number of hydrogen-bond acceptors (Lipinski definition) is 6. The van der Waals surface area contributed by atoms with Crippen LogP contribution in [0.4, 0.5) is 5.69 Å². The SMILES string of the molecule is CCOC(=O)Cc1cccc(CS(=O)(=O)c2ccc([N+](=O)[O-])cc2)c1. The first kappa shape index (κ1) is 18.6. The minimum absolute atomic E-state index is 0.00824. The number of nitro benzene ring substituents is 1. The number of benzene rings is 2. The number of carbonyl (C=O) groups excluding carboxylic acids is 1. The zero-order valence-corrected chi connectivity index (χ0v) is 14.4. The molecule has 0 aliphatic rings. The molecule has 25 heavy (non-hydrogen) atoms. The maximum absolute atomic E-state index is 12.5. The molecule has 0 aromatic heterocycles. The Hall–Kier alpha value is -2.74. The molecule has 0 spiro atoms. The highest BCUT2D eigenvalue weighted by Gasteiger charge is 2.17. The monoisotopic (exact) mass is 363 g/mol. The van der Waals surface area contributed by atoms with Crippen LogP contribution >= 0.6 is 0 Å². The number of esters is 1. The van der Waals surface area contributed by atoms with Crippen molar-refractivity contribution in [3.8, 4) is 0 Å². The lowest BCUT2D eigenvalue weighted by Gasteiger charge is -2.07. The second-order valence-corrected chi connectivity index (χ2v) is 7.30. The third kappa shape index (κ3) is 5.12. The highest BCUT2D eigenvalue weighted by Crippen LogP contribution is 2.20. The van der Waals surface area contributed by atoms with Crippen LogP contribution in [-0.2, 0) is 31.5 Å². The summed E-state index contributed by atoms with van der Waals surface area (Å²) >= 11 is 0. The highest BCUT2D eigenvalue weighted by atomic mass is 32.2. The highest BCUT2D eigenvalue weighted by molar-refractivity contribution is 7.90. The van der Waals surface area contributed by atoms with Crippen molar-refractivity contribution in [2.45, 2.75) is 24.0 Å². The molecule has 0 bridgehead atoms. The molecule has 0 radical (unpaired) electrons. The minimum atomic E-state index is -3.65. The van der Waals surface area contributed by atoms with E-state index >= 15 is 0 Å². The molecule has 0 N–H and O–H groups in total. The van der Waals surface area contributed by atoms with Gasteiger partial charge in [0.2, 0.25) is 0 Å². The van der Waals surface area contributed by atoms with Gasteiger partial charge in [-0.1, -0.05) is 24.3 Å². The van der Waals surface area contributed by atoms with E-state index in [0.717, 1.165) is 12.1 Å². The summed E-state index contributed by atoms with van der Waals surface area (Å²) in [6, 6.07) is 11.4. The van der Waals surface area contributed by atoms with Gasteiger partial charge in [-0.3, -0.25) is 14.9 Å². The lowest BCUT2D eigenvalue weighted by atomic mass is 10.1. The lowest BCUT2D eigenvalue weighted by Crippen LogP contribution is -2.09. The van der Waals surface area contributed by atoms with E-state index in [1.807, 2.05) is 0 Å². The largest absolute Gasteiger partial charge is 0.466 e. The van der Waals surface area contributed by atoms with Crippen molar-refractivity contribution in [1.82, 2.24) is 0 Å². The van der Waals surface area contributed by atoms with E-state index in [1.54, 1.807) is 31.2 Å². The third-order valence-corrected chi connectivity index (χ3v) is 5.11. The van der Waals surface area contributed by atoms with Gasteiger partial charge in [0, 0.05) is 12.1 Å². The fourth-order valence-corrected chi connectivity index (χ4v) is 3.62. The number of nitrogens with zero attached hydrogens (tertiary/aromatic N) is 1. The number of nitro groups is 1. The van der Waals surface area contributed by atoms with E-state index in [4.69, 9.17) is 4.74 Å². The van der Waals surface area contributed by atoms with Crippen LogP contribution in [0.15, 0.2) is 53.4 Å². The maximum atomic E-state index is 12.5. The second kappa shape index (κ2) is 7.89. The zero-order valence-electron chi connectivity index (χ0n) is 13.5. The summed E-state index contributed by atoms with van der Waals surface area (Å²) in [4.78, 5) is 21.6. The molecule has 0 saturated heterocycles. The van der Waals surface area contributed by atoms with Gasteiger partial charge < -0.3 is 4.74 Å². The van der Waals surface area contributed by atoms with Crippen LogP contribution in [0.1, 0.15) is 18.1 Å². The predicted molar refractivity (Wildman–Crippen MR) is 90.8 cm³/mol. The number of rotatable bonds is 7. The molecule has 132 valence electrons. The van der Waals surface area contributed by atoms with Gasteiger partial charge in [0.25, 0.3) is 5.69 Å². The molecular weight excluding hydrogens is 346 g/mol. The van der Waals surface area contributed by atoms with Gasteiger partial charge in [-0.15, -0.1) is 0 Å². The lowest BCUT2D eigenvalue weighted by molar-refractivity contribution is -0.384. The number of ether oxygens (including phenoxy) is 1. The fraction of sp³-hybridized carbons (Fsp3) is 0.235. The molecule has 8 heteroatoms. The quantitative estimate of drug-likeness (QED) is 0.425. The van der Waals surface area contributed by atoms with Crippen molar-refractivity contribution in [3.63, 3.8) is 0 Å². The Morgan fingerprint density at radius 3 is 2.36 bits per heavy atom. The Kier molecular flexibility index (Phi) is 5.87. The number of non-ortho nitro benzene ring substituents is 1. The minimum Gasteiger partial charge on any atom is -0.466 e. The van der Waals surface area contributed by atoms with Gasteiger partial charge in [-0.05, 0) is 30.2 Å². The standard InChI is InChI=1S/C17H17NO6S/c1-2-24-17(19)11-13-4-3-5-14(10-13)12-25(22,23)16-8-6-15(7-9-16)18(20)21/h3-10H,2,11-12H2,1H3. The Labute approximate surface area is 145 Å². The summed E-state index contributed by atoms with van der Waals surface area (Å²) in [5.74, 6) is -0.639. The summed E-state index contributed by atoms with van der Waals surface area (Å²) in [7, 11) is -3.65. The van der Waals surface area contributed by atoms with Crippen molar-refractivity contribution in [2.24, 2.45) is 0 Å². The molecule has 7 nitrogen and oxygen atoms in total. The maximum Gasteiger partial charge on any atom is 0.310 e. The fourth-order valence-electron chi connectivity index (χ4n) is 2.29. The van der Waals surface area contributed by atoms with Gasteiger partial charge in [-0.25, -0.2) is 8.42 Å². The normalized spacial score (nSPS) is 11.1. The third-order valence-electron chi connectivity index (χ3n) is 3.41. The van der Waals surface area contributed by atoms with Crippen molar-refractivity contribution < 1.29 is 22.9 Å². The Balaban J connectivity index is 2.17. The average molecular weight is 363 g/mol. The molecule has 0 amide bonds. The topological polar surface area (TPSA) is 104 Å². The zero-order chi connectivity index (χ0) is 18.4. The first-order valence-electron chi connectivity index (χ1n) is 7.52. The van der Waals surface area contributed by atoms with E-state index in [-0.39, 0.29) is 35.3 Å². The van der Waals surface area contributed by atoms with E-state index in [1.165, 1.54) is 12.1 Å². The van der Waals surface area contributed by atoms with E-state index in [2.05, 4.69) is 0 Å². The van der Waals surface area contributed by atoms with E-state index in [0.29, 0.717) is 11.1 Å². The van der Waals surface area contributed by atoms with Crippen molar-refractivity contribution in [1.29, 1.82) is 0 Å².